The fourth-order valence-electron chi connectivity index (χ4n) is 1.87. The summed E-state index contributed by atoms with van der Waals surface area (Å²) in [7, 11) is 0. The first-order valence-electron chi connectivity index (χ1n) is 7.01. The molecule has 2 aromatic rings. The Balaban J connectivity index is 0.000000277. The largest absolute Gasteiger partial charge is 0.481 e. The van der Waals surface area contributed by atoms with Gasteiger partial charge in [-0.3, -0.25) is 19.7 Å². The standard InChI is InChI=1S/C8H5F2NO4.C8H6F2O2/c9-6-3-5(11(14)15)1-4(8(6)10)2-7(12)13;9-6-3-1-2-5(8(6)10)4-7(11)12/h1,3H,2H2,(H,12,13);1-3H,4H2,(H,11,12). The Bertz CT molecular complexity index is 887. The highest BCUT2D eigenvalue weighted by molar-refractivity contribution is 5.71. The van der Waals surface area contributed by atoms with E-state index in [4.69, 9.17) is 10.2 Å². The zero-order valence-corrected chi connectivity index (χ0v) is 13.3. The lowest BCUT2D eigenvalue weighted by atomic mass is 10.1. The fourth-order valence-corrected chi connectivity index (χ4v) is 1.87. The Morgan fingerprint density at radius 3 is 1.93 bits per heavy atom. The van der Waals surface area contributed by atoms with E-state index >= 15 is 0 Å². The molecular weight excluding hydrogens is 378 g/mol. The fraction of sp³-hybridized carbons (Fsp3) is 0.125. The second-order valence-corrected chi connectivity index (χ2v) is 5.01. The molecule has 0 atom stereocenters. The van der Waals surface area contributed by atoms with Gasteiger partial charge in [-0.15, -0.1) is 0 Å². The van der Waals surface area contributed by atoms with Crippen LogP contribution in [0.1, 0.15) is 11.1 Å². The molecule has 0 bridgehead atoms. The first kappa shape index (κ1) is 21.5. The summed E-state index contributed by atoms with van der Waals surface area (Å²) in [6.07, 6.45) is -1.30. The molecule has 2 aromatic carbocycles. The minimum absolute atomic E-state index is 0.137. The van der Waals surface area contributed by atoms with E-state index in [1.807, 2.05) is 0 Å². The molecule has 2 rings (SSSR count). The molecule has 144 valence electrons. The summed E-state index contributed by atoms with van der Waals surface area (Å²) >= 11 is 0. The van der Waals surface area contributed by atoms with E-state index in [1.165, 1.54) is 12.1 Å². The molecule has 27 heavy (non-hydrogen) atoms. The van der Waals surface area contributed by atoms with Crippen molar-refractivity contribution in [1.82, 2.24) is 0 Å². The number of rotatable bonds is 5. The predicted octanol–water partition coefficient (Wildman–Crippen LogP) is 3.09. The maximum Gasteiger partial charge on any atom is 0.307 e. The van der Waals surface area contributed by atoms with Gasteiger partial charge in [-0.25, -0.2) is 17.6 Å². The Kier molecular flexibility index (Phi) is 7.39. The van der Waals surface area contributed by atoms with Crippen LogP contribution in [0.25, 0.3) is 0 Å². The second kappa shape index (κ2) is 9.27. The summed E-state index contributed by atoms with van der Waals surface area (Å²) in [5, 5.41) is 26.9. The monoisotopic (exact) mass is 389 g/mol. The summed E-state index contributed by atoms with van der Waals surface area (Å²) in [4.78, 5) is 29.7. The van der Waals surface area contributed by atoms with Crippen LogP contribution in [0.15, 0.2) is 30.3 Å². The topological polar surface area (TPSA) is 118 Å². The van der Waals surface area contributed by atoms with Gasteiger partial charge in [0.25, 0.3) is 5.69 Å². The van der Waals surface area contributed by atoms with Crippen LogP contribution in [0.2, 0.25) is 0 Å². The maximum absolute atomic E-state index is 12.9. The lowest BCUT2D eigenvalue weighted by Crippen LogP contribution is -2.05. The highest BCUT2D eigenvalue weighted by atomic mass is 19.2. The first-order chi connectivity index (χ1) is 12.5. The average molecular weight is 389 g/mol. The number of carboxylic acid groups (broad SMARTS) is 2. The summed E-state index contributed by atoms with van der Waals surface area (Å²) in [6, 6.07) is 4.57. The minimum Gasteiger partial charge on any atom is -0.481 e. The molecule has 0 radical (unpaired) electrons. The van der Waals surface area contributed by atoms with Gasteiger partial charge in [-0.1, -0.05) is 12.1 Å². The lowest BCUT2D eigenvalue weighted by molar-refractivity contribution is -0.385. The van der Waals surface area contributed by atoms with Crippen LogP contribution in [0.3, 0.4) is 0 Å². The molecule has 0 saturated carbocycles. The summed E-state index contributed by atoms with van der Waals surface area (Å²) in [6.45, 7) is 0. The Labute approximate surface area is 148 Å². The van der Waals surface area contributed by atoms with Crippen LogP contribution in [0.5, 0.6) is 0 Å². The van der Waals surface area contributed by atoms with Gasteiger partial charge in [-0.2, -0.15) is 0 Å². The van der Waals surface area contributed by atoms with Crippen molar-refractivity contribution in [3.8, 4) is 0 Å². The molecule has 7 nitrogen and oxygen atoms in total. The van der Waals surface area contributed by atoms with E-state index in [-0.39, 0.29) is 5.56 Å². The molecule has 0 aliphatic carbocycles. The normalized spacial score (nSPS) is 9.93. The van der Waals surface area contributed by atoms with Crippen molar-refractivity contribution >= 4 is 17.6 Å². The number of carboxylic acids is 2. The smallest absolute Gasteiger partial charge is 0.307 e. The third-order valence-corrected chi connectivity index (χ3v) is 3.01. The molecule has 0 unspecified atom stereocenters. The van der Waals surface area contributed by atoms with Gasteiger partial charge in [0.05, 0.1) is 23.8 Å². The number of benzene rings is 2. The van der Waals surface area contributed by atoms with Gasteiger partial charge in [0.1, 0.15) is 0 Å². The SMILES string of the molecule is O=C(O)Cc1cc([N+](=O)[O-])cc(F)c1F.O=C(O)Cc1cccc(F)c1F. The van der Waals surface area contributed by atoms with E-state index < -0.39 is 64.2 Å². The van der Waals surface area contributed by atoms with Crippen LogP contribution in [0, 0.1) is 33.4 Å². The van der Waals surface area contributed by atoms with Crippen LogP contribution in [-0.4, -0.2) is 27.1 Å². The predicted molar refractivity (Wildman–Crippen MR) is 82.1 cm³/mol. The number of hydrogen-bond donors (Lipinski definition) is 2. The van der Waals surface area contributed by atoms with Gasteiger partial charge < -0.3 is 10.2 Å². The number of nitro groups is 1. The lowest BCUT2D eigenvalue weighted by Gasteiger charge is -2.00. The van der Waals surface area contributed by atoms with Gasteiger partial charge in [-0.05, 0) is 6.07 Å². The van der Waals surface area contributed by atoms with Gasteiger partial charge in [0, 0.05) is 17.2 Å². The quantitative estimate of drug-likeness (QED) is 0.461. The number of aliphatic carboxylic acids is 2. The molecular formula is C16H11F4NO6. The molecule has 0 fully saturated rings. The highest BCUT2D eigenvalue weighted by Crippen LogP contribution is 2.20. The van der Waals surface area contributed by atoms with Gasteiger partial charge in [0.15, 0.2) is 23.3 Å². The molecule has 0 heterocycles. The van der Waals surface area contributed by atoms with Crippen LogP contribution in [0.4, 0.5) is 23.2 Å². The van der Waals surface area contributed by atoms with E-state index in [0.29, 0.717) is 12.1 Å². The molecule has 0 amide bonds. The third kappa shape index (κ3) is 6.38. The first-order valence-corrected chi connectivity index (χ1v) is 7.01. The molecule has 0 saturated heterocycles. The van der Waals surface area contributed by atoms with E-state index in [0.717, 1.165) is 6.07 Å². The van der Waals surface area contributed by atoms with Crippen molar-refractivity contribution in [3.63, 3.8) is 0 Å². The zero-order valence-electron chi connectivity index (χ0n) is 13.3. The Hall–Kier alpha value is -3.50. The summed E-state index contributed by atoms with van der Waals surface area (Å²) in [5.41, 5.74) is -1.36. The molecule has 0 spiro atoms. The molecule has 0 aliphatic heterocycles. The van der Waals surface area contributed by atoms with Crippen molar-refractivity contribution in [2.24, 2.45) is 0 Å². The molecule has 11 heteroatoms. The second-order valence-electron chi connectivity index (χ2n) is 5.01. The average Bonchev–Trinajstić information content (AvgIpc) is 2.55. The molecule has 0 aromatic heterocycles. The van der Waals surface area contributed by atoms with Crippen molar-refractivity contribution in [2.75, 3.05) is 0 Å². The zero-order chi connectivity index (χ0) is 20.7. The molecule has 0 aliphatic rings. The van der Waals surface area contributed by atoms with Crippen molar-refractivity contribution in [2.45, 2.75) is 12.8 Å². The van der Waals surface area contributed by atoms with Crippen LogP contribution < -0.4 is 0 Å². The van der Waals surface area contributed by atoms with Crippen molar-refractivity contribution in [3.05, 3.63) is 74.8 Å². The Morgan fingerprint density at radius 1 is 0.889 bits per heavy atom. The van der Waals surface area contributed by atoms with Crippen LogP contribution >= 0.6 is 0 Å². The van der Waals surface area contributed by atoms with Crippen molar-refractivity contribution in [1.29, 1.82) is 0 Å². The third-order valence-electron chi connectivity index (χ3n) is 3.01. The number of non-ortho nitro benzene ring substituents is 1. The number of hydrogen-bond acceptors (Lipinski definition) is 4. The Morgan fingerprint density at radius 2 is 1.41 bits per heavy atom. The number of nitro benzene ring substituents is 1. The molecule has 2 N–H and O–H groups in total. The summed E-state index contributed by atoms with van der Waals surface area (Å²) < 4.78 is 50.9. The number of carbonyl (C=O) groups is 2. The van der Waals surface area contributed by atoms with E-state index in [9.17, 15) is 37.3 Å². The number of halogens is 4. The van der Waals surface area contributed by atoms with E-state index in [2.05, 4.69) is 0 Å². The number of nitrogens with zero attached hydrogens (tertiary/aromatic N) is 1. The minimum atomic E-state index is -1.43. The summed E-state index contributed by atoms with van der Waals surface area (Å²) in [5.74, 6) is -7.48. The maximum atomic E-state index is 12.9. The van der Waals surface area contributed by atoms with Gasteiger partial charge in [0.2, 0.25) is 0 Å². The van der Waals surface area contributed by atoms with Crippen LogP contribution in [-0.2, 0) is 22.4 Å². The van der Waals surface area contributed by atoms with Gasteiger partial charge >= 0.3 is 11.9 Å². The highest BCUT2D eigenvalue weighted by Gasteiger charge is 2.18. The van der Waals surface area contributed by atoms with E-state index in [1.54, 1.807) is 0 Å². The van der Waals surface area contributed by atoms with Crippen molar-refractivity contribution < 1.29 is 42.3 Å².